The van der Waals surface area contributed by atoms with Gasteiger partial charge in [-0.2, -0.15) is 0 Å². The number of nitrogens with one attached hydrogen (secondary N) is 1. The van der Waals surface area contributed by atoms with Gasteiger partial charge in [-0.3, -0.25) is 4.98 Å². The predicted molar refractivity (Wildman–Crippen MR) is 97.6 cm³/mol. The lowest BCUT2D eigenvalue weighted by atomic mass is 10.1. The van der Waals surface area contributed by atoms with Gasteiger partial charge in [0.25, 0.3) is 0 Å². The van der Waals surface area contributed by atoms with E-state index in [9.17, 15) is 0 Å². The van der Waals surface area contributed by atoms with Gasteiger partial charge in [0, 0.05) is 30.5 Å². The molecule has 1 fully saturated rings. The van der Waals surface area contributed by atoms with Gasteiger partial charge in [0.05, 0.1) is 18.8 Å². The number of nitrogens with zero attached hydrogens (tertiary/aromatic N) is 4. The second-order valence-electron chi connectivity index (χ2n) is 6.99. The summed E-state index contributed by atoms with van der Waals surface area (Å²) < 4.78 is 5.96. The van der Waals surface area contributed by atoms with Crippen molar-refractivity contribution in [3.8, 4) is 11.5 Å². The van der Waals surface area contributed by atoms with Crippen molar-refractivity contribution in [2.75, 3.05) is 32.1 Å². The van der Waals surface area contributed by atoms with Crippen LogP contribution in [0, 0.1) is 0 Å². The molecule has 0 radical (unpaired) electrons. The molecule has 4 rings (SSSR count). The zero-order valence-corrected chi connectivity index (χ0v) is 14.9. The molecule has 6 heteroatoms. The molecule has 25 heavy (non-hydrogen) atoms. The van der Waals surface area contributed by atoms with Crippen LogP contribution in [0.2, 0.25) is 0 Å². The highest BCUT2D eigenvalue weighted by molar-refractivity contribution is 5.58. The maximum atomic E-state index is 5.96. The summed E-state index contributed by atoms with van der Waals surface area (Å²) >= 11 is 0. The standard InChI is InChI=1S/C19H25N5O/c1-13(17-12-24(2)10-11-25-17)21-18-14-6-5-8-15(14)22-19(23-18)16-7-3-4-9-20-16/h3-4,7,9,13,17H,5-6,8,10-12H2,1-2H3,(H,21,22,23). The van der Waals surface area contributed by atoms with Gasteiger partial charge < -0.3 is 15.0 Å². The number of morpholine rings is 1. The average Bonchev–Trinajstić information content (AvgIpc) is 3.11. The van der Waals surface area contributed by atoms with Crippen LogP contribution in [0.1, 0.15) is 24.6 Å². The highest BCUT2D eigenvalue weighted by atomic mass is 16.5. The topological polar surface area (TPSA) is 63.2 Å². The van der Waals surface area contributed by atoms with E-state index in [2.05, 4.69) is 29.2 Å². The van der Waals surface area contributed by atoms with Gasteiger partial charge in [0.1, 0.15) is 11.5 Å². The smallest absolute Gasteiger partial charge is 0.180 e. The summed E-state index contributed by atoms with van der Waals surface area (Å²) in [6.07, 6.45) is 5.15. The fraction of sp³-hybridized carbons (Fsp3) is 0.526. The molecule has 1 aliphatic carbocycles. The van der Waals surface area contributed by atoms with Crippen LogP contribution < -0.4 is 5.32 Å². The molecule has 1 saturated heterocycles. The number of hydrogen-bond donors (Lipinski definition) is 1. The van der Waals surface area contributed by atoms with Gasteiger partial charge in [-0.05, 0) is 45.4 Å². The Hall–Kier alpha value is -2.05. The largest absolute Gasteiger partial charge is 0.373 e. The number of hydrogen-bond acceptors (Lipinski definition) is 6. The van der Waals surface area contributed by atoms with Gasteiger partial charge in [-0.15, -0.1) is 0 Å². The Morgan fingerprint density at radius 3 is 3.00 bits per heavy atom. The molecule has 2 unspecified atom stereocenters. The Kier molecular flexibility index (Phi) is 4.63. The maximum Gasteiger partial charge on any atom is 0.180 e. The Morgan fingerprint density at radius 2 is 2.20 bits per heavy atom. The third-order valence-corrected chi connectivity index (χ3v) is 5.05. The van der Waals surface area contributed by atoms with Crippen molar-refractivity contribution in [3.05, 3.63) is 35.7 Å². The van der Waals surface area contributed by atoms with E-state index < -0.39 is 0 Å². The summed E-state index contributed by atoms with van der Waals surface area (Å²) in [4.78, 5) is 16.3. The molecule has 2 aliphatic rings. The molecule has 1 N–H and O–H groups in total. The fourth-order valence-corrected chi connectivity index (χ4v) is 3.58. The lowest BCUT2D eigenvalue weighted by molar-refractivity contribution is -0.0260. The number of ether oxygens (including phenoxy) is 1. The summed E-state index contributed by atoms with van der Waals surface area (Å²) in [5.41, 5.74) is 3.24. The van der Waals surface area contributed by atoms with E-state index in [0.29, 0.717) is 5.82 Å². The van der Waals surface area contributed by atoms with Crippen molar-refractivity contribution in [1.82, 2.24) is 19.9 Å². The third kappa shape index (κ3) is 3.50. The minimum Gasteiger partial charge on any atom is -0.373 e. The number of fused-ring (bicyclic) bond motifs is 1. The van der Waals surface area contributed by atoms with Crippen LogP contribution in [0.3, 0.4) is 0 Å². The van der Waals surface area contributed by atoms with Gasteiger partial charge in [0.2, 0.25) is 0 Å². The molecule has 0 bridgehead atoms. The highest BCUT2D eigenvalue weighted by Crippen LogP contribution is 2.29. The molecule has 1 aliphatic heterocycles. The molecular weight excluding hydrogens is 314 g/mol. The summed E-state index contributed by atoms with van der Waals surface area (Å²) in [7, 11) is 2.14. The van der Waals surface area contributed by atoms with Crippen LogP contribution in [0.4, 0.5) is 5.82 Å². The Morgan fingerprint density at radius 1 is 1.28 bits per heavy atom. The normalized spacial score (nSPS) is 21.8. The zero-order chi connectivity index (χ0) is 17.2. The SMILES string of the molecule is CC(Nc1nc(-c2ccccn2)nc2c1CCC2)C1CN(C)CCO1. The molecule has 2 atom stereocenters. The molecular formula is C19H25N5O. The Balaban J connectivity index is 1.61. The van der Waals surface area contributed by atoms with Gasteiger partial charge in [-0.1, -0.05) is 6.07 Å². The number of rotatable bonds is 4. The molecule has 2 aromatic heterocycles. The van der Waals surface area contributed by atoms with E-state index >= 15 is 0 Å². The van der Waals surface area contributed by atoms with E-state index in [4.69, 9.17) is 14.7 Å². The van der Waals surface area contributed by atoms with Crippen molar-refractivity contribution in [2.24, 2.45) is 0 Å². The van der Waals surface area contributed by atoms with Crippen molar-refractivity contribution in [1.29, 1.82) is 0 Å². The molecule has 0 spiro atoms. The predicted octanol–water partition coefficient (Wildman–Crippen LogP) is 2.16. The van der Waals surface area contributed by atoms with Crippen LogP contribution in [-0.2, 0) is 17.6 Å². The highest BCUT2D eigenvalue weighted by Gasteiger charge is 2.26. The lowest BCUT2D eigenvalue weighted by Crippen LogP contribution is -2.47. The van der Waals surface area contributed by atoms with Crippen molar-refractivity contribution < 1.29 is 4.74 Å². The van der Waals surface area contributed by atoms with Crippen LogP contribution >= 0.6 is 0 Å². The minimum atomic E-state index is 0.170. The average molecular weight is 339 g/mol. The first-order valence-corrected chi connectivity index (χ1v) is 9.08. The minimum absolute atomic E-state index is 0.170. The quantitative estimate of drug-likeness (QED) is 0.921. The van der Waals surface area contributed by atoms with Crippen molar-refractivity contribution >= 4 is 5.82 Å². The molecule has 0 amide bonds. The lowest BCUT2D eigenvalue weighted by Gasteiger charge is -2.34. The van der Waals surface area contributed by atoms with E-state index in [-0.39, 0.29) is 12.1 Å². The summed E-state index contributed by atoms with van der Waals surface area (Å²) in [6, 6.07) is 6.04. The summed E-state index contributed by atoms with van der Waals surface area (Å²) in [5.74, 6) is 1.66. The second-order valence-corrected chi connectivity index (χ2v) is 6.99. The van der Waals surface area contributed by atoms with Crippen LogP contribution in [-0.4, -0.2) is 58.7 Å². The summed E-state index contributed by atoms with van der Waals surface area (Å²) in [6.45, 7) is 4.90. The van der Waals surface area contributed by atoms with Gasteiger partial charge >= 0.3 is 0 Å². The van der Waals surface area contributed by atoms with Crippen LogP contribution in [0.15, 0.2) is 24.4 Å². The molecule has 0 saturated carbocycles. The maximum absolute atomic E-state index is 5.96. The van der Waals surface area contributed by atoms with Crippen LogP contribution in [0.25, 0.3) is 11.5 Å². The molecule has 0 aromatic carbocycles. The molecule has 132 valence electrons. The zero-order valence-electron chi connectivity index (χ0n) is 14.9. The van der Waals surface area contributed by atoms with Gasteiger partial charge in [0.15, 0.2) is 5.82 Å². The fourth-order valence-electron chi connectivity index (χ4n) is 3.58. The van der Waals surface area contributed by atoms with E-state index in [1.54, 1.807) is 6.20 Å². The summed E-state index contributed by atoms with van der Waals surface area (Å²) in [5, 5.41) is 3.61. The first kappa shape index (κ1) is 16.4. The first-order valence-electron chi connectivity index (χ1n) is 9.08. The second kappa shape index (κ2) is 7.06. The molecule has 3 heterocycles. The third-order valence-electron chi connectivity index (χ3n) is 5.05. The number of pyridine rings is 1. The number of aromatic nitrogens is 3. The number of aryl methyl sites for hydroxylation is 1. The van der Waals surface area contributed by atoms with E-state index in [0.717, 1.165) is 56.2 Å². The van der Waals surface area contributed by atoms with Crippen LogP contribution in [0.5, 0.6) is 0 Å². The van der Waals surface area contributed by atoms with Crippen molar-refractivity contribution in [3.63, 3.8) is 0 Å². The first-order chi connectivity index (χ1) is 12.2. The monoisotopic (exact) mass is 339 g/mol. The molecule has 6 nitrogen and oxygen atoms in total. The number of anilines is 1. The van der Waals surface area contributed by atoms with Gasteiger partial charge in [-0.25, -0.2) is 9.97 Å². The number of likely N-dealkylation sites (N-methyl/N-ethyl adjacent to an activating group) is 1. The molecule has 2 aromatic rings. The Labute approximate surface area is 148 Å². The van der Waals surface area contributed by atoms with E-state index in [1.807, 2.05) is 18.2 Å². The van der Waals surface area contributed by atoms with Crippen molar-refractivity contribution in [2.45, 2.75) is 38.3 Å². The Bertz CT molecular complexity index is 736. The van der Waals surface area contributed by atoms with E-state index in [1.165, 1.54) is 5.56 Å².